The molecule has 6 heteroatoms. The highest BCUT2D eigenvalue weighted by Crippen LogP contribution is 2.33. The molecule has 1 aromatic heterocycles. The van der Waals surface area contributed by atoms with Gasteiger partial charge >= 0.3 is 0 Å². The molecule has 0 bridgehead atoms. The zero-order valence-corrected chi connectivity index (χ0v) is 15.9. The number of hydrogen-bond donors (Lipinski definition) is 4. The summed E-state index contributed by atoms with van der Waals surface area (Å²) in [6.07, 6.45) is 1.63. The lowest BCUT2D eigenvalue weighted by molar-refractivity contribution is -0.128. The summed E-state index contributed by atoms with van der Waals surface area (Å²) in [5.74, 6) is -0.613. The summed E-state index contributed by atoms with van der Waals surface area (Å²) in [7, 11) is 0. The molecule has 29 heavy (non-hydrogen) atoms. The molecule has 2 atom stereocenters. The van der Waals surface area contributed by atoms with Gasteiger partial charge in [-0.3, -0.25) is 9.59 Å². The Hall–Kier alpha value is -3.38. The number of nitrogens with one attached hydrogen (secondary N) is 3. The minimum absolute atomic E-state index is 0.161. The topological polar surface area (TPSA) is 94.2 Å². The van der Waals surface area contributed by atoms with E-state index in [1.54, 1.807) is 0 Å². The van der Waals surface area contributed by atoms with Gasteiger partial charge in [0.1, 0.15) is 12.1 Å². The van der Waals surface area contributed by atoms with Gasteiger partial charge in [0, 0.05) is 24.0 Å². The number of carbonyl (C=O) groups excluding carboxylic acids is 2. The first-order chi connectivity index (χ1) is 14.1. The molecule has 0 unspecified atom stereocenters. The number of carbonyl (C=O) groups is 2. The molecule has 1 saturated heterocycles. The van der Waals surface area contributed by atoms with E-state index in [0.29, 0.717) is 6.42 Å². The van der Waals surface area contributed by atoms with Crippen molar-refractivity contribution in [3.8, 4) is 11.3 Å². The van der Waals surface area contributed by atoms with E-state index in [9.17, 15) is 14.7 Å². The number of aliphatic hydroxyl groups is 1. The summed E-state index contributed by atoms with van der Waals surface area (Å²) in [4.78, 5) is 27.7. The largest absolute Gasteiger partial charge is 0.389 e. The number of hydrogen-bond acceptors (Lipinski definition) is 3. The molecule has 4 N–H and O–H groups in total. The molecule has 0 radical (unpaired) electrons. The van der Waals surface area contributed by atoms with Crippen molar-refractivity contribution in [2.45, 2.75) is 25.0 Å². The van der Waals surface area contributed by atoms with E-state index in [0.717, 1.165) is 33.3 Å². The summed E-state index contributed by atoms with van der Waals surface area (Å²) in [6, 6.07) is 15.1. The number of rotatable bonds is 6. The number of H-pyrrole nitrogens is 1. The van der Waals surface area contributed by atoms with Crippen molar-refractivity contribution in [1.82, 2.24) is 15.6 Å². The third-order valence-electron chi connectivity index (χ3n) is 5.33. The Morgan fingerprint density at radius 1 is 1.21 bits per heavy atom. The van der Waals surface area contributed by atoms with Gasteiger partial charge in [-0.2, -0.15) is 0 Å². The highest BCUT2D eigenvalue weighted by atomic mass is 16.3. The van der Waals surface area contributed by atoms with Crippen molar-refractivity contribution in [3.63, 3.8) is 0 Å². The highest BCUT2D eigenvalue weighted by molar-refractivity contribution is 5.96. The molecule has 2 heterocycles. The van der Waals surface area contributed by atoms with Crippen LogP contribution in [0.5, 0.6) is 0 Å². The maximum Gasteiger partial charge on any atom is 0.245 e. The first kappa shape index (κ1) is 19.0. The fourth-order valence-electron chi connectivity index (χ4n) is 3.83. The third kappa shape index (κ3) is 3.67. The molecule has 4 rings (SSSR count). The molecule has 1 fully saturated rings. The fourth-order valence-corrected chi connectivity index (χ4v) is 3.83. The number of para-hydroxylation sites is 1. The minimum atomic E-state index is -0.894. The van der Waals surface area contributed by atoms with Crippen LogP contribution in [-0.4, -0.2) is 40.6 Å². The molecule has 0 spiro atoms. The van der Waals surface area contributed by atoms with Crippen LogP contribution in [0.3, 0.4) is 0 Å². The Bertz CT molecular complexity index is 1070. The Balaban J connectivity index is 1.63. The van der Waals surface area contributed by atoms with E-state index in [1.807, 2.05) is 54.6 Å². The van der Waals surface area contributed by atoms with Crippen LogP contribution in [0.25, 0.3) is 28.2 Å². The average Bonchev–Trinajstić information content (AvgIpc) is 3.27. The highest BCUT2D eigenvalue weighted by Gasteiger charge is 2.34. The van der Waals surface area contributed by atoms with Crippen molar-refractivity contribution >= 4 is 28.8 Å². The molecule has 2 amide bonds. The number of aliphatic hydroxyl groups excluding tert-OH is 1. The summed E-state index contributed by atoms with van der Waals surface area (Å²) in [6.45, 7) is 4.05. The van der Waals surface area contributed by atoms with E-state index in [1.165, 1.54) is 0 Å². The number of benzene rings is 2. The van der Waals surface area contributed by atoms with Crippen molar-refractivity contribution < 1.29 is 14.7 Å². The number of aromatic amines is 1. The second kappa shape index (κ2) is 7.93. The van der Waals surface area contributed by atoms with Gasteiger partial charge in [-0.15, -0.1) is 0 Å². The maximum atomic E-state index is 12.5. The van der Waals surface area contributed by atoms with Crippen LogP contribution >= 0.6 is 0 Å². The molecular formula is C23H23N3O3. The third-order valence-corrected chi connectivity index (χ3v) is 5.33. The number of aryl methyl sites for hydroxylation is 1. The number of amides is 2. The minimum Gasteiger partial charge on any atom is -0.389 e. The van der Waals surface area contributed by atoms with E-state index >= 15 is 0 Å². The van der Waals surface area contributed by atoms with Gasteiger partial charge in [0.2, 0.25) is 11.8 Å². The molecular weight excluding hydrogens is 366 g/mol. The molecule has 0 aliphatic carbocycles. The van der Waals surface area contributed by atoms with E-state index in [-0.39, 0.29) is 24.8 Å². The van der Waals surface area contributed by atoms with Crippen molar-refractivity contribution in [2.24, 2.45) is 0 Å². The predicted molar refractivity (Wildman–Crippen MR) is 113 cm³/mol. The van der Waals surface area contributed by atoms with Gasteiger partial charge in [-0.25, -0.2) is 0 Å². The Morgan fingerprint density at radius 2 is 2.00 bits per heavy atom. The van der Waals surface area contributed by atoms with Crippen LogP contribution in [0.4, 0.5) is 0 Å². The van der Waals surface area contributed by atoms with Gasteiger partial charge in [0.15, 0.2) is 0 Å². The Kier molecular flexibility index (Phi) is 5.18. The standard InChI is InChI=1S/C23H23N3O3/c1-2-14-9-6-10-16-17(21(26-20(14)16)15-7-4-3-5-8-15)11-12-19(28)25-22-18(27)13-24-23(22)29/h2-10,18,22,26-27H,1,11-13H2,(H,24,29)(H,25,28)/t18-,22+/m1/s1. The van der Waals surface area contributed by atoms with Gasteiger partial charge < -0.3 is 20.7 Å². The molecule has 1 aliphatic rings. The van der Waals surface area contributed by atoms with Crippen LogP contribution in [0.15, 0.2) is 55.1 Å². The van der Waals surface area contributed by atoms with Crippen molar-refractivity contribution in [2.75, 3.05) is 6.54 Å². The average molecular weight is 389 g/mol. The first-order valence-corrected chi connectivity index (χ1v) is 9.65. The zero-order valence-electron chi connectivity index (χ0n) is 15.9. The zero-order chi connectivity index (χ0) is 20.4. The second-order valence-corrected chi connectivity index (χ2v) is 7.18. The van der Waals surface area contributed by atoms with E-state index in [4.69, 9.17) is 0 Å². The summed E-state index contributed by atoms with van der Waals surface area (Å²) in [5.41, 5.74) is 5.05. The lowest BCUT2D eigenvalue weighted by atomic mass is 10.00. The van der Waals surface area contributed by atoms with Gasteiger partial charge in [-0.05, 0) is 23.1 Å². The molecule has 0 saturated carbocycles. The smallest absolute Gasteiger partial charge is 0.245 e. The van der Waals surface area contributed by atoms with Crippen LogP contribution in [0, 0.1) is 0 Å². The van der Waals surface area contributed by atoms with Gasteiger partial charge in [-0.1, -0.05) is 61.2 Å². The van der Waals surface area contributed by atoms with Crippen LogP contribution in [0.2, 0.25) is 0 Å². The first-order valence-electron chi connectivity index (χ1n) is 9.65. The number of fused-ring (bicyclic) bond motifs is 1. The Labute approximate surface area is 168 Å². The monoisotopic (exact) mass is 389 g/mol. The van der Waals surface area contributed by atoms with Crippen LogP contribution in [0.1, 0.15) is 17.5 Å². The lowest BCUT2D eigenvalue weighted by Gasteiger charge is -2.13. The quantitative estimate of drug-likeness (QED) is 0.521. The Morgan fingerprint density at radius 3 is 2.69 bits per heavy atom. The normalized spacial score (nSPS) is 18.6. The summed E-state index contributed by atoms with van der Waals surface area (Å²) >= 11 is 0. The predicted octanol–water partition coefficient (Wildman–Crippen LogP) is 2.39. The van der Waals surface area contributed by atoms with Crippen LogP contribution < -0.4 is 10.6 Å². The SMILES string of the molecule is C=Cc1cccc2c(CCC(=O)N[C@@H]3C(=O)NC[C@H]3O)c(-c3ccccc3)[nH]c12. The fraction of sp³-hybridized carbons (Fsp3) is 0.217. The number of β-amino-alcohol motifs (C(OH)–C–C–N with tert-alkyl or cyclic N) is 1. The summed E-state index contributed by atoms with van der Waals surface area (Å²) in [5, 5.41) is 16.1. The van der Waals surface area contributed by atoms with E-state index in [2.05, 4.69) is 22.2 Å². The van der Waals surface area contributed by atoms with Crippen molar-refractivity contribution in [3.05, 3.63) is 66.2 Å². The molecule has 3 aromatic rings. The molecule has 1 aliphatic heterocycles. The van der Waals surface area contributed by atoms with Gasteiger partial charge in [0.05, 0.1) is 5.52 Å². The molecule has 2 aromatic carbocycles. The van der Waals surface area contributed by atoms with E-state index < -0.39 is 12.1 Å². The maximum absolute atomic E-state index is 12.5. The second-order valence-electron chi connectivity index (χ2n) is 7.18. The van der Waals surface area contributed by atoms with Crippen molar-refractivity contribution in [1.29, 1.82) is 0 Å². The van der Waals surface area contributed by atoms with Gasteiger partial charge in [0.25, 0.3) is 0 Å². The lowest BCUT2D eigenvalue weighted by Crippen LogP contribution is -2.45. The molecule has 6 nitrogen and oxygen atoms in total. The summed E-state index contributed by atoms with van der Waals surface area (Å²) < 4.78 is 0. The molecule has 148 valence electrons. The number of aromatic nitrogens is 1. The van der Waals surface area contributed by atoms with Crippen LogP contribution in [-0.2, 0) is 16.0 Å².